The van der Waals surface area contributed by atoms with Gasteiger partial charge in [-0.15, -0.1) is 0 Å². The lowest BCUT2D eigenvalue weighted by molar-refractivity contribution is -0.123. The first-order valence-corrected chi connectivity index (χ1v) is 16.3. The van der Waals surface area contributed by atoms with Gasteiger partial charge in [0, 0.05) is 24.4 Å². The molecule has 4 aromatic carbocycles. The molecular weight excluding hydrogens is 623 g/mol. The van der Waals surface area contributed by atoms with Crippen molar-refractivity contribution >= 4 is 40.5 Å². The number of methoxy groups -OCH3 is 1. The Morgan fingerprint density at radius 2 is 1.63 bits per heavy atom. The van der Waals surface area contributed by atoms with E-state index in [0.29, 0.717) is 28.8 Å². The average Bonchev–Trinajstić information content (AvgIpc) is 3.37. The third-order valence-corrected chi connectivity index (χ3v) is 9.39. The summed E-state index contributed by atoms with van der Waals surface area (Å²) >= 11 is 0. The fraction of sp³-hybridized carbons (Fsp3) is 0.250. The van der Waals surface area contributed by atoms with Crippen molar-refractivity contribution in [2.24, 2.45) is 17.8 Å². The number of nitrogens with one attached hydrogen (secondary N) is 1. The van der Waals surface area contributed by atoms with Crippen molar-refractivity contribution in [3.63, 3.8) is 0 Å². The molecule has 0 unspecified atom stereocenters. The van der Waals surface area contributed by atoms with E-state index in [1.165, 1.54) is 24.1 Å². The van der Waals surface area contributed by atoms with E-state index in [4.69, 9.17) is 4.74 Å². The lowest BCUT2D eigenvalue weighted by atomic mass is 9.68. The van der Waals surface area contributed by atoms with E-state index in [1.54, 1.807) is 18.2 Å². The van der Waals surface area contributed by atoms with Crippen LogP contribution >= 0.6 is 0 Å². The molecule has 2 aliphatic rings. The van der Waals surface area contributed by atoms with Gasteiger partial charge in [-0.3, -0.25) is 14.5 Å². The van der Waals surface area contributed by atoms with Gasteiger partial charge in [0.25, 0.3) is 0 Å². The molecule has 252 valence electrons. The van der Waals surface area contributed by atoms with E-state index >= 15 is 0 Å². The minimum atomic E-state index is -1.05. The average molecular weight is 663 g/mol. The van der Waals surface area contributed by atoms with Gasteiger partial charge in [0.1, 0.15) is 0 Å². The van der Waals surface area contributed by atoms with Crippen LogP contribution in [0.1, 0.15) is 30.4 Å². The SMILES string of the molecule is COCC1=C([C@H](O)CC/C(=C/c2ccc(O)c(F)c2)c2ccccc2)[C@H](CO)[C@@H]2C(=O)N(c3ccc(Nc4ccccc4)cc3)C(=O)[C@@H]2C1. The number of rotatable bonds is 12. The molecule has 2 amide bonds. The molecule has 4 N–H and O–H groups in total. The second-order valence-electron chi connectivity index (χ2n) is 12.5. The van der Waals surface area contributed by atoms with E-state index < -0.39 is 47.9 Å². The molecule has 1 aliphatic carbocycles. The van der Waals surface area contributed by atoms with E-state index in [1.807, 2.05) is 78.9 Å². The predicted molar refractivity (Wildman–Crippen MR) is 187 cm³/mol. The number of hydrogen-bond acceptors (Lipinski definition) is 7. The number of phenols is 1. The minimum absolute atomic E-state index is 0.140. The summed E-state index contributed by atoms with van der Waals surface area (Å²) in [6.07, 6.45) is 1.61. The molecule has 1 fully saturated rings. The highest BCUT2D eigenvalue weighted by Crippen LogP contribution is 2.47. The summed E-state index contributed by atoms with van der Waals surface area (Å²) in [6.45, 7) is -0.288. The number of nitrogens with zero attached hydrogens (tertiary/aromatic N) is 1. The molecule has 0 aromatic heterocycles. The van der Waals surface area contributed by atoms with Crippen molar-refractivity contribution in [3.8, 4) is 5.75 Å². The Kier molecular flexibility index (Phi) is 10.3. The number of carbonyl (C=O) groups is 2. The van der Waals surface area contributed by atoms with Gasteiger partial charge in [-0.05, 0) is 95.6 Å². The Labute approximate surface area is 284 Å². The van der Waals surface area contributed by atoms with Crippen LogP contribution in [0.15, 0.2) is 114 Å². The van der Waals surface area contributed by atoms with Crippen molar-refractivity contribution in [2.45, 2.75) is 25.4 Å². The molecule has 1 saturated heterocycles. The number of amides is 2. The molecule has 0 spiro atoms. The highest BCUT2D eigenvalue weighted by atomic mass is 19.1. The van der Waals surface area contributed by atoms with Gasteiger partial charge in [0.2, 0.25) is 11.8 Å². The van der Waals surface area contributed by atoms with Gasteiger partial charge >= 0.3 is 0 Å². The van der Waals surface area contributed by atoms with Crippen LogP contribution in [0.25, 0.3) is 11.6 Å². The summed E-state index contributed by atoms with van der Waals surface area (Å²) < 4.78 is 19.7. The maximum absolute atomic E-state index is 14.2. The molecule has 49 heavy (non-hydrogen) atoms. The summed E-state index contributed by atoms with van der Waals surface area (Å²) in [4.78, 5) is 29.1. The topological polar surface area (TPSA) is 119 Å². The van der Waals surface area contributed by atoms with Crippen molar-refractivity contribution in [2.75, 3.05) is 30.5 Å². The number of halogens is 1. The van der Waals surface area contributed by atoms with Crippen LogP contribution in [0.5, 0.6) is 5.75 Å². The summed E-state index contributed by atoms with van der Waals surface area (Å²) in [5.41, 5.74) is 5.64. The molecule has 4 atom stereocenters. The smallest absolute Gasteiger partial charge is 0.238 e. The number of fused-ring (bicyclic) bond motifs is 1. The van der Waals surface area contributed by atoms with Crippen LogP contribution in [0.2, 0.25) is 0 Å². The molecule has 4 aromatic rings. The van der Waals surface area contributed by atoms with Crippen LogP contribution in [0.3, 0.4) is 0 Å². The number of carbonyl (C=O) groups excluding carboxylic acids is 2. The Morgan fingerprint density at radius 3 is 2.29 bits per heavy atom. The third-order valence-electron chi connectivity index (χ3n) is 9.39. The number of aliphatic hydroxyl groups is 2. The predicted octanol–water partition coefficient (Wildman–Crippen LogP) is 6.72. The van der Waals surface area contributed by atoms with Gasteiger partial charge in [0.15, 0.2) is 11.6 Å². The first-order valence-electron chi connectivity index (χ1n) is 16.3. The lowest BCUT2D eigenvalue weighted by Gasteiger charge is -2.36. The normalized spacial score (nSPS) is 20.0. The molecule has 6 rings (SSSR count). The van der Waals surface area contributed by atoms with Crippen molar-refractivity contribution in [1.82, 2.24) is 0 Å². The first-order chi connectivity index (χ1) is 23.8. The Morgan fingerprint density at radius 1 is 0.959 bits per heavy atom. The standard InChI is InChI=1S/C40H39FN2O6/c1-49-24-28-22-32-38(40(48)43(39(32)47)31-16-14-30(15-17-31)42-29-10-6-3-7-11-29)33(23-44)37(28)36(46)19-13-27(26-8-4-2-5-9-26)20-25-12-18-35(45)34(41)21-25/h2-12,14-18,20-21,32-33,36,38,42,44-46H,13,19,22-24H2,1H3/b27-20-/t32-,33+,36-,38-/m1/s1. The monoisotopic (exact) mass is 662 g/mol. The highest BCUT2D eigenvalue weighted by molar-refractivity contribution is 6.22. The molecule has 1 aliphatic heterocycles. The molecule has 0 radical (unpaired) electrons. The van der Waals surface area contributed by atoms with Gasteiger partial charge in [0.05, 0.1) is 36.8 Å². The second-order valence-corrected chi connectivity index (χ2v) is 12.5. The van der Waals surface area contributed by atoms with Crippen LogP contribution in [0, 0.1) is 23.6 Å². The van der Waals surface area contributed by atoms with Gasteiger partial charge in [-0.1, -0.05) is 60.7 Å². The fourth-order valence-electron chi connectivity index (χ4n) is 7.12. The molecule has 0 bridgehead atoms. The number of phenolic OH excluding ortho intramolecular Hbond substituents is 1. The maximum atomic E-state index is 14.2. The zero-order valence-electron chi connectivity index (χ0n) is 27.1. The quantitative estimate of drug-likeness (QED) is 0.0756. The number of hydrogen-bond donors (Lipinski definition) is 4. The summed E-state index contributed by atoms with van der Waals surface area (Å²) in [7, 11) is 1.53. The molecule has 9 heteroatoms. The number of imide groups is 1. The summed E-state index contributed by atoms with van der Waals surface area (Å²) in [5, 5.41) is 35.5. The van der Waals surface area contributed by atoms with Gasteiger partial charge in [-0.25, -0.2) is 4.39 Å². The number of allylic oxidation sites excluding steroid dienone is 1. The highest BCUT2D eigenvalue weighted by Gasteiger charge is 2.55. The molecule has 8 nitrogen and oxygen atoms in total. The third kappa shape index (κ3) is 7.19. The van der Waals surface area contributed by atoms with Gasteiger partial charge < -0.3 is 25.4 Å². The second kappa shape index (κ2) is 15.0. The van der Waals surface area contributed by atoms with Crippen molar-refractivity contribution < 1.29 is 34.0 Å². The zero-order chi connectivity index (χ0) is 34.5. The van der Waals surface area contributed by atoms with Crippen molar-refractivity contribution in [3.05, 3.63) is 131 Å². The van der Waals surface area contributed by atoms with E-state index in [-0.39, 0.29) is 25.4 Å². The maximum Gasteiger partial charge on any atom is 0.238 e. The Hall–Kier alpha value is -5.09. The van der Waals surface area contributed by atoms with Crippen LogP contribution in [-0.4, -0.2) is 53.6 Å². The number of anilines is 3. The number of ether oxygens (including phenoxy) is 1. The Balaban J connectivity index is 1.25. The Bertz CT molecular complexity index is 1860. The lowest BCUT2D eigenvalue weighted by Crippen LogP contribution is -2.39. The van der Waals surface area contributed by atoms with Crippen LogP contribution in [0.4, 0.5) is 21.5 Å². The molecular formula is C40H39FN2O6. The fourth-order valence-corrected chi connectivity index (χ4v) is 7.12. The zero-order valence-corrected chi connectivity index (χ0v) is 27.1. The number of benzene rings is 4. The van der Waals surface area contributed by atoms with E-state index in [2.05, 4.69) is 5.32 Å². The molecule has 1 heterocycles. The molecule has 0 saturated carbocycles. The number of para-hydroxylation sites is 1. The minimum Gasteiger partial charge on any atom is -0.505 e. The largest absolute Gasteiger partial charge is 0.505 e. The van der Waals surface area contributed by atoms with E-state index in [0.717, 1.165) is 22.5 Å². The van der Waals surface area contributed by atoms with Crippen LogP contribution < -0.4 is 10.2 Å². The van der Waals surface area contributed by atoms with E-state index in [9.17, 15) is 29.3 Å². The summed E-state index contributed by atoms with van der Waals surface area (Å²) in [5.74, 6) is -4.23. The van der Waals surface area contributed by atoms with Gasteiger partial charge in [-0.2, -0.15) is 0 Å². The number of aliphatic hydroxyl groups excluding tert-OH is 2. The first kappa shape index (κ1) is 33.8. The number of aromatic hydroxyl groups is 1. The van der Waals surface area contributed by atoms with Crippen molar-refractivity contribution in [1.29, 1.82) is 0 Å². The van der Waals surface area contributed by atoms with Crippen LogP contribution in [-0.2, 0) is 14.3 Å². The summed E-state index contributed by atoms with van der Waals surface area (Å²) in [6, 6.07) is 30.4.